The molecule has 0 bridgehead atoms. The van der Waals surface area contributed by atoms with E-state index in [9.17, 15) is 19.8 Å². The summed E-state index contributed by atoms with van der Waals surface area (Å²) < 4.78 is 5.80. The largest absolute Gasteiger partial charge is 0.480 e. The molecule has 3 atom stereocenters. The molecule has 0 radical (unpaired) electrons. The molecule has 1 aromatic carbocycles. The van der Waals surface area contributed by atoms with E-state index in [1.54, 1.807) is 24.3 Å². The predicted octanol–water partition coefficient (Wildman–Crippen LogP) is 3.12. The lowest BCUT2D eigenvalue weighted by Crippen LogP contribution is -2.52. The average Bonchev–Trinajstić information content (AvgIpc) is 3.06. The van der Waals surface area contributed by atoms with Crippen molar-refractivity contribution in [3.8, 4) is 10.9 Å². The summed E-state index contributed by atoms with van der Waals surface area (Å²) >= 11 is 1.46. The summed E-state index contributed by atoms with van der Waals surface area (Å²) in [5.74, 6) is -1.25. The quantitative estimate of drug-likeness (QED) is 0.404. The van der Waals surface area contributed by atoms with Crippen molar-refractivity contribution >= 4 is 29.3 Å². The van der Waals surface area contributed by atoms with Crippen molar-refractivity contribution in [1.29, 1.82) is 0 Å². The highest BCUT2D eigenvalue weighted by Crippen LogP contribution is 2.29. The number of aromatic nitrogens is 1. The number of allylic oxidation sites excluding steroid dienone is 1. The Labute approximate surface area is 192 Å². The van der Waals surface area contributed by atoms with Crippen LogP contribution in [0.5, 0.6) is 10.9 Å². The van der Waals surface area contributed by atoms with Crippen LogP contribution in [0, 0.1) is 12.8 Å². The fraction of sp³-hybridized carbons (Fsp3) is 0.435. The van der Waals surface area contributed by atoms with Crippen molar-refractivity contribution in [1.82, 2.24) is 10.3 Å². The highest BCUT2D eigenvalue weighted by Gasteiger charge is 2.28. The van der Waals surface area contributed by atoms with E-state index in [1.807, 2.05) is 39.8 Å². The van der Waals surface area contributed by atoms with Gasteiger partial charge in [-0.15, -0.1) is 0 Å². The molecule has 8 nitrogen and oxygen atoms in total. The zero-order valence-corrected chi connectivity index (χ0v) is 19.6. The summed E-state index contributed by atoms with van der Waals surface area (Å²) in [6, 6.07) is 5.18. The van der Waals surface area contributed by atoms with Crippen LogP contribution in [0.15, 0.2) is 30.3 Å². The molecule has 2 aromatic rings. The zero-order chi connectivity index (χ0) is 23.8. The van der Waals surface area contributed by atoms with Gasteiger partial charge in [0, 0.05) is 10.9 Å². The van der Waals surface area contributed by atoms with Crippen LogP contribution < -0.4 is 15.8 Å². The number of aliphatic hydroxyl groups excluding tert-OH is 1. The van der Waals surface area contributed by atoms with Gasteiger partial charge in [0.25, 0.3) is 11.1 Å². The van der Waals surface area contributed by atoms with E-state index in [4.69, 9.17) is 10.5 Å². The summed E-state index contributed by atoms with van der Waals surface area (Å²) in [6.45, 7) is 7.62. The summed E-state index contributed by atoms with van der Waals surface area (Å²) in [6.07, 6.45) is 2.82. The number of nitrogens with two attached hydrogens (primary N) is 1. The minimum absolute atomic E-state index is 0.0749. The van der Waals surface area contributed by atoms with Gasteiger partial charge in [-0.25, -0.2) is 9.78 Å². The minimum atomic E-state index is -1.52. The van der Waals surface area contributed by atoms with Crippen molar-refractivity contribution in [2.45, 2.75) is 58.7 Å². The van der Waals surface area contributed by atoms with E-state index < -0.39 is 30.1 Å². The van der Waals surface area contributed by atoms with Crippen LogP contribution >= 0.6 is 11.3 Å². The number of benzene rings is 1. The van der Waals surface area contributed by atoms with E-state index in [0.29, 0.717) is 10.9 Å². The van der Waals surface area contributed by atoms with E-state index >= 15 is 0 Å². The lowest BCUT2D eigenvalue weighted by molar-refractivity contribution is -0.144. The number of thiazole rings is 1. The fourth-order valence-electron chi connectivity index (χ4n) is 3.06. The molecule has 174 valence electrons. The summed E-state index contributed by atoms with van der Waals surface area (Å²) in [5.41, 5.74) is 7.69. The average molecular weight is 462 g/mol. The van der Waals surface area contributed by atoms with Gasteiger partial charge in [-0.05, 0) is 56.4 Å². The Kier molecular flexibility index (Phi) is 9.37. The number of aliphatic carboxylic acids is 1. The first-order chi connectivity index (χ1) is 15.1. The first kappa shape index (κ1) is 25.5. The Morgan fingerprint density at radius 3 is 2.50 bits per heavy atom. The molecule has 0 spiro atoms. The molecular formula is C23H31N3O5S. The van der Waals surface area contributed by atoms with E-state index in [-0.39, 0.29) is 18.8 Å². The number of rotatable bonds is 11. The van der Waals surface area contributed by atoms with Gasteiger partial charge in [0.15, 0.2) is 0 Å². The van der Waals surface area contributed by atoms with Crippen molar-refractivity contribution in [3.05, 3.63) is 46.5 Å². The number of carbonyl (C=O) groups excluding carboxylic acids is 1. The molecule has 32 heavy (non-hydrogen) atoms. The van der Waals surface area contributed by atoms with Gasteiger partial charge in [0.05, 0.1) is 5.69 Å². The Hall–Kier alpha value is -2.75. The topological polar surface area (TPSA) is 135 Å². The SMILES string of the molecule is CC=Cc1nc(Oc2ccc(CC(N)C(O)C(=O)NC(CC(C)C)C(=O)O)cc2)sc1C. The number of nitrogens with zero attached hydrogens (tertiary/aromatic N) is 1. The number of amides is 1. The molecule has 9 heteroatoms. The first-order valence-electron chi connectivity index (χ1n) is 10.4. The fourth-order valence-corrected chi connectivity index (χ4v) is 3.82. The van der Waals surface area contributed by atoms with Crippen LogP contribution in [0.4, 0.5) is 0 Å². The standard InChI is InChI=1S/C23H31N3O5S/c1-5-6-18-14(4)32-23(26-18)31-16-9-7-15(8-10-16)12-17(24)20(27)21(28)25-19(22(29)30)11-13(2)3/h5-10,13,17,19-20,27H,11-12,24H2,1-4H3,(H,25,28)(H,29,30). The Morgan fingerprint density at radius 1 is 1.28 bits per heavy atom. The first-order valence-corrected chi connectivity index (χ1v) is 11.3. The molecule has 3 unspecified atom stereocenters. The Morgan fingerprint density at radius 2 is 1.94 bits per heavy atom. The maximum atomic E-state index is 12.3. The number of hydrogen-bond acceptors (Lipinski definition) is 7. The maximum Gasteiger partial charge on any atom is 0.326 e. The molecule has 0 aliphatic heterocycles. The van der Waals surface area contributed by atoms with Crippen LogP contribution in [0.1, 0.15) is 43.3 Å². The smallest absolute Gasteiger partial charge is 0.326 e. The number of ether oxygens (including phenoxy) is 1. The second kappa shape index (κ2) is 11.8. The van der Waals surface area contributed by atoms with Crippen LogP contribution in [0.3, 0.4) is 0 Å². The molecule has 1 heterocycles. The molecule has 2 rings (SSSR count). The number of aryl methyl sites for hydroxylation is 1. The lowest BCUT2D eigenvalue weighted by Gasteiger charge is -2.22. The van der Waals surface area contributed by atoms with E-state index in [0.717, 1.165) is 16.1 Å². The van der Waals surface area contributed by atoms with Gasteiger partial charge in [-0.3, -0.25) is 4.79 Å². The van der Waals surface area contributed by atoms with Crippen LogP contribution in [-0.2, 0) is 16.0 Å². The molecular weight excluding hydrogens is 430 g/mol. The third-order valence-electron chi connectivity index (χ3n) is 4.73. The van der Waals surface area contributed by atoms with Crippen molar-refractivity contribution in [3.63, 3.8) is 0 Å². The minimum Gasteiger partial charge on any atom is -0.480 e. The van der Waals surface area contributed by atoms with Gasteiger partial charge in [0.1, 0.15) is 17.9 Å². The number of hydrogen-bond donors (Lipinski definition) is 4. The molecule has 5 N–H and O–H groups in total. The molecule has 1 aromatic heterocycles. The van der Waals surface area contributed by atoms with E-state index in [1.165, 1.54) is 11.3 Å². The number of carbonyl (C=O) groups is 2. The van der Waals surface area contributed by atoms with Crippen molar-refractivity contribution in [2.75, 3.05) is 0 Å². The number of carboxylic acid groups (broad SMARTS) is 1. The Balaban J connectivity index is 1.95. The van der Waals surface area contributed by atoms with Crippen LogP contribution in [0.2, 0.25) is 0 Å². The molecule has 0 aliphatic rings. The molecule has 1 amide bonds. The summed E-state index contributed by atoms with van der Waals surface area (Å²) in [5, 5.41) is 22.4. The third-order valence-corrected chi connectivity index (χ3v) is 5.60. The van der Waals surface area contributed by atoms with Crippen molar-refractivity contribution < 1.29 is 24.5 Å². The van der Waals surface area contributed by atoms with Crippen molar-refractivity contribution in [2.24, 2.45) is 11.7 Å². The van der Waals surface area contributed by atoms with E-state index in [2.05, 4.69) is 10.3 Å². The second-order valence-electron chi connectivity index (χ2n) is 8.01. The van der Waals surface area contributed by atoms with Gasteiger partial charge in [-0.1, -0.05) is 43.4 Å². The van der Waals surface area contributed by atoms with Crippen LogP contribution in [0.25, 0.3) is 6.08 Å². The third kappa shape index (κ3) is 7.44. The molecule has 0 saturated heterocycles. The highest BCUT2D eigenvalue weighted by atomic mass is 32.1. The van der Waals surface area contributed by atoms with Gasteiger partial charge in [0.2, 0.25) is 0 Å². The van der Waals surface area contributed by atoms with Crippen LogP contribution in [-0.4, -0.2) is 45.3 Å². The highest BCUT2D eigenvalue weighted by molar-refractivity contribution is 7.13. The predicted molar refractivity (Wildman–Crippen MR) is 125 cm³/mol. The summed E-state index contributed by atoms with van der Waals surface area (Å²) in [4.78, 5) is 29.1. The monoisotopic (exact) mass is 461 g/mol. The van der Waals surface area contributed by atoms with Gasteiger partial charge >= 0.3 is 5.97 Å². The van der Waals surface area contributed by atoms with Gasteiger partial charge in [-0.2, -0.15) is 0 Å². The number of nitrogens with one attached hydrogen (secondary N) is 1. The molecule has 0 fully saturated rings. The van der Waals surface area contributed by atoms with Gasteiger partial charge < -0.3 is 26.0 Å². The maximum absolute atomic E-state index is 12.3. The lowest BCUT2D eigenvalue weighted by atomic mass is 10.00. The number of carboxylic acids is 1. The number of aliphatic hydroxyl groups is 1. The normalized spacial score (nSPS) is 14.3. The molecule has 0 saturated carbocycles. The Bertz CT molecular complexity index is 940. The zero-order valence-electron chi connectivity index (χ0n) is 18.7. The summed E-state index contributed by atoms with van der Waals surface area (Å²) in [7, 11) is 0. The second-order valence-corrected chi connectivity index (χ2v) is 9.17. The molecule has 0 aliphatic carbocycles.